The summed E-state index contributed by atoms with van der Waals surface area (Å²) in [7, 11) is 1.56. The second-order valence-corrected chi connectivity index (χ2v) is 7.66. The lowest BCUT2D eigenvalue weighted by Gasteiger charge is -2.13. The predicted octanol–water partition coefficient (Wildman–Crippen LogP) is 2.66. The van der Waals surface area contributed by atoms with Crippen molar-refractivity contribution < 1.29 is 19.1 Å². The van der Waals surface area contributed by atoms with Crippen molar-refractivity contribution in [3.05, 3.63) is 59.7 Å². The van der Waals surface area contributed by atoms with Crippen molar-refractivity contribution in [2.24, 2.45) is 0 Å². The first kappa shape index (κ1) is 20.5. The Labute approximate surface area is 182 Å². The zero-order valence-corrected chi connectivity index (χ0v) is 17.4. The molecule has 4 rings (SSSR count). The molecule has 0 radical (unpaired) electrons. The quantitative estimate of drug-likeness (QED) is 0.550. The second-order valence-electron chi connectivity index (χ2n) is 6.80. The number of anilines is 1. The Balaban J connectivity index is 1.35. The normalized spacial score (nSPS) is 15.6. The smallest absolute Gasteiger partial charge is 0.325 e. The van der Waals surface area contributed by atoms with Crippen LogP contribution < -0.4 is 15.4 Å². The maximum Gasteiger partial charge on any atom is 0.325 e. The molecule has 0 unspecified atom stereocenters. The average Bonchev–Trinajstić information content (AvgIpc) is 3.35. The first-order valence-electron chi connectivity index (χ1n) is 9.44. The van der Waals surface area contributed by atoms with Crippen LogP contribution in [0.25, 0.3) is 11.3 Å². The first-order chi connectivity index (χ1) is 15.0. The fourth-order valence-corrected chi connectivity index (χ4v) is 3.86. The molecule has 4 amide bonds. The van der Waals surface area contributed by atoms with E-state index in [9.17, 15) is 14.4 Å². The molecule has 1 aliphatic heterocycles. The van der Waals surface area contributed by atoms with Gasteiger partial charge in [0.05, 0.1) is 25.8 Å². The van der Waals surface area contributed by atoms with E-state index in [1.807, 2.05) is 17.5 Å². The summed E-state index contributed by atoms with van der Waals surface area (Å²) in [4.78, 5) is 46.7. The van der Waals surface area contributed by atoms with Gasteiger partial charge in [0.1, 0.15) is 11.8 Å². The number of benzene rings is 1. The van der Waals surface area contributed by atoms with E-state index in [1.54, 1.807) is 43.8 Å². The summed E-state index contributed by atoms with van der Waals surface area (Å²) >= 11 is 1.28. The molecular weight excluding hydrogens is 418 g/mol. The second kappa shape index (κ2) is 8.92. The minimum atomic E-state index is -0.912. The molecule has 2 N–H and O–H groups in total. The largest absolute Gasteiger partial charge is 0.497 e. The summed E-state index contributed by atoms with van der Waals surface area (Å²) in [5.74, 6) is -0.155. The van der Waals surface area contributed by atoms with Crippen LogP contribution in [0.5, 0.6) is 5.75 Å². The number of carbonyl (C=O) groups excluding carboxylic acids is 3. The van der Waals surface area contributed by atoms with Crippen LogP contribution in [0, 0.1) is 0 Å². The molecule has 1 saturated heterocycles. The molecule has 1 atom stereocenters. The molecule has 31 heavy (non-hydrogen) atoms. The minimum absolute atomic E-state index is 0.120. The van der Waals surface area contributed by atoms with Crippen molar-refractivity contribution in [1.29, 1.82) is 0 Å². The van der Waals surface area contributed by atoms with Crippen LogP contribution in [0.15, 0.2) is 54.2 Å². The molecule has 3 aromatic rings. The van der Waals surface area contributed by atoms with Gasteiger partial charge in [-0.15, -0.1) is 11.3 Å². The van der Waals surface area contributed by atoms with Crippen LogP contribution in [-0.4, -0.2) is 45.9 Å². The number of nitrogens with one attached hydrogen (secondary N) is 2. The van der Waals surface area contributed by atoms with E-state index in [0.29, 0.717) is 10.9 Å². The molecule has 158 valence electrons. The Kier molecular flexibility index (Phi) is 5.89. The maximum atomic E-state index is 12.6. The topological polar surface area (TPSA) is 114 Å². The SMILES string of the molecule is COc1ccc(CN2C(=O)N[C@H](CC(=O)Nc3nc(-c4ccncc4)cs3)C2=O)cc1. The van der Waals surface area contributed by atoms with Gasteiger partial charge in [-0.25, -0.2) is 9.78 Å². The molecule has 0 spiro atoms. The molecule has 1 aromatic carbocycles. The summed E-state index contributed by atoms with van der Waals surface area (Å²) in [5, 5.41) is 7.50. The van der Waals surface area contributed by atoms with Crippen LogP contribution in [0.3, 0.4) is 0 Å². The van der Waals surface area contributed by atoms with Gasteiger partial charge in [-0.3, -0.25) is 19.5 Å². The molecule has 1 fully saturated rings. The first-order valence-corrected chi connectivity index (χ1v) is 10.3. The number of urea groups is 1. The fraction of sp³-hybridized carbons (Fsp3) is 0.190. The van der Waals surface area contributed by atoms with Gasteiger partial charge in [0.2, 0.25) is 5.91 Å². The van der Waals surface area contributed by atoms with Crippen molar-refractivity contribution in [2.75, 3.05) is 12.4 Å². The van der Waals surface area contributed by atoms with Crippen molar-refractivity contribution in [3.63, 3.8) is 0 Å². The fourth-order valence-electron chi connectivity index (χ4n) is 3.12. The van der Waals surface area contributed by atoms with Crippen LogP contribution >= 0.6 is 11.3 Å². The van der Waals surface area contributed by atoms with Gasteiger partial charge in [-0.05, 0) is 29.8 Å². The lowest BCUT2D eigenvalue weighted by atomic mass is 10.1. The van der Waals surface area contributed by atoms with Gasteiger partial charge in [-0.1, -0.05) is 12.1 Å². The third kappa shape index (κ3) is 4.69. The van der Waals surface area contributed by atoms with Crippen LogP contribution in [0.2, 0.25) is 0 Å². The van der Waals surface area contributed by atoms with E-state index in [0.717, 1.165) is 21.7 Å². The summed E-state index contributed by atoms with van der Waals surface area (Å²) in [6, 6.07) is 9.29. The molecule has 9 nitrogen and oxygen atoms in total. The predicted molar refractivity (Wildman–Crippen MR) is 114 cm³/mol. The van der Waals surface area contributed by atoms with E-state index < -0.39 is 23.9 Å². The number of aromatic nitrogens is 2. The highest BCUT2D eigenvalue weighted by molar-refractivity contribution is 7.14. The molecule has 0 saturated carbocycles. The highest BCUT2D eigenvalue weighted by atomic mass is 32.1. The number of pyridine rings is 1. The van der Waals surface area contributed by atoms with Gasteiger partial charge in [0.15, 0.2) is 5.13 Å². The number of methoxy groups -OCH3 is 1. The van der Waals surface area contributed by atoms with Crippen molar-refractivity contribution >= 4 is 34.3 Å². The van der Waals surface area contributed by atoms with Crippen molar-refractivity contribution in [2.45, 2.75) is 19.0 Å². The number of nitrogens with zero attached hydrogens (tertiary/aromatic N) is 3. The lowest BCUT2D eigenvalue weighted by molar-refractivity contribution is -0.130. The Morgan fingerprint density at radius 2 is 1.94 bits per heavy atom. The lowest BCUT2D eigenvalue weighted by Crippen LogP contribution is -2.34. The zero-order chi connectivity index (χ0) is 21.8. The number of ether oxygens (including phenoxy) is 1. The summed E-state index contributed by atoms with van der Waals surface area (Å²) < 4.78 is 5.11. The van der Waals surface area contributed by atoms with E-state index in [4.69, 9.17) is 4.74 Å². The maximum absolute atomic E-state index is 12.6. The van der Waals surface area contributed by atoms with E-state index in [-0.39, 0.29) is 13.0 Å². The molecule has 2 aromatic heterocycles. The van der Waals surface area contributed by atoms with Crippen LogP contribution in [0.4, 0.5) is 9.93 Å². The van der Waals surface area contributed by atoms with E-state index in [1.165, 1.54) is 11.3 Å². The number of thiazole rings is 1. The van der Waals surface area contributed by atoms with Gasteiger partial charge in [0.25, 0.3) is 5.91 Å². The number of carbonyl (C=O) groups is 3. The van der Waals surface area contributed by atoms with E-state index >= 15 is 0 Å². The standard InChI is InChI=1S/C21H19N5O4S/c1-30-15-4-2-13(3-5-15)11-26-19(28)16(24-21(26)29)10-18(27)25-20-23-17(12-31-20)14-6-8-22-9-7-14/h2-9,12,16H,10-11H2,1H3,(H,24,29)(H,23,25,27)/t16-/m1/s1. The number of amides is 4. The monoisotopic (exact) mass is 437 g/mol. The molecule has 1 aliphatic rings. The van der Waals surface area contributed by atoms with Gasteiger partial charge in [-0.2, -0.15) is 0 Å². The highest BCUT2D eigenvalue weighted by Crippen LogP contribution is 2.24. The van der Waals surface area contributed by atoms with Gasteiger partial charge < -0.3 is 15.4 Å². The molecule has 3 heterocycles. The molecule has 0 aliphatic carbocycles. The van der Waals surface area contributed by atoms with Gasteiger partial charge in [0, 0.05) is 23.3 Å². The van der Waals surface area contributed by atoms with Crippen molar-refractivity contribution in [1.82, 2.24) is 20.2 Å². The van der Waals surface area contributed by atoms with Crippen LogP contribution in [-0.2, 0) is 16.1 Å². The number of rotatable bonds is 7. The highest BCUT2D eigenvalue weighted by Gasteiger charge is 2.39. The summed E-state index contributed by atoms with van der Waals surface area (Å²) in [6.07, 6.45) is 3.16. The Hall–Kier alpha value is -3.79. The third-order valence-corrected chi connectivity index (χ3v) is 5.48. The zero-order valence-electron chi connectivity index (χ0n) is 16.6. The third-order valence-electron chi connectivity index (χ3n) is 4.72. The van der Waals surface area contributed by atoms with E-state index in [2.05, 4.69) is 20.6 Å². The Morgan fingerprint density at radius 1 is 1.19 bits per heavy atom. The molecule has 10 heteroatoms. The number of hydrogen-bond acceptors (Lipinski definition) is 7. The molecular formula is C21H19N5O4S. The average molecular weight is 437 g/mol. The Morgan fingerprint density at radius 3 is 2.65 bits per heavy atom. The minimum Gasteiger partial charge on any atom is -0.497 e. The number of imide groups is 1. The van der Waals surface area contributed by atoms with Crippen molar-refractivity contribution in [3.8, 4) is 17.0 Å². The Bertz CT molecular complexity index is 1100. The number of hydrogen-bond donors (Lipinski definition) is 2. The van der Waals surface area contributed by atoms with Gasteiger partial charge >= 0.3 is 6.03 Å². The summed E-state index contributed by atoms with van der Waals surface area (Å²) in [5.41, 5.74) is 2.39. The molecule has 0 bridgehead atoms. The van der Waals surface area contributed by atoms with Crippen LogP contribution in [0.1, 0.15) is 12.0 Å². The summed E-state index contributed by atoms with van der Waals surface area (Å²) in [6.45, 7) is 0.120.